The second-order valence-corrected chi connectivity index (χ2v) is 2.99. The van der Waals surface area contributed by atoms with E-state index in [1.165, 1.54) is 0 Å². The molecule has 0 bridgehead atoms. The summed E-state index contributed by atoms with van der Waals surface area (Å²) in [7, 11) is 0. The molecule has 0 saturated heterocycles. The van der Waals surface area contributed by atoms with Crippen LogP contribution in [0.4, 0.5) is 17.6 Å². The molecular formula is C9H9F4N. The topological polar surface area (TPSA) is 26.0 Å². The largest absolute Gasteiger partial charge is 0.325 e. The van der Waals surface area contributed by atoms with E-state index in [1.54, 1.807) is 0 Å². The highest BCUT2D eigenvalue weighted by Gasteiger charge is 2.27. The Morgan fingerprint density at radius 2 is 1.79 bits per heavy atom. The zero-order valence-corrected chi connectivity index (χ0v) is 7.24. The molecule has 1 rings (SSSR count). The van der Waals surface area contributed by atoms with Gasteiger partial charge in [-0.2, -0.15) is 0 Å². The van der Waals surface area contributed by atoms with E-state index >= 15 is 0 Å². The Kier molecular flexibility index (Phi) is 3.10. The lowest BCUT2D eigenvalue weighted by Crippen LogP contribution is -2.30. The van der Waals surface area contributed by atoms with Crippen molar-refractivity contribution in [3.8, 4) is 0 Å². The predicted molar refractivity (Wildman–Crippen MR) is 44.1 cm³/mol. The number of halogens is 4. The second kappa shape index (κ2) is 3.96. The van der Waals surface area contributed by atoms with Crippen molar-refractivity contribution in [2.75, 3.05) is 6.54 Å². The summed E-state index contributed by atoms with van der Waals surface area (Å²) < 4.78 is 50.5. The number of rotatable bonds is 3. The molecule has 1 nitrogen and oxygen atoms in total. The Morgan fingerprint density at radius 3 is 2.29 bits per heavy atom. The highest BCUT2D eigenvalue weighted by molar-refractivity contribution is 5.19. The molecule has 0 spiro atoms. The van der Waals surface area contributed by atoms with Gasteiger partial charge in [0.1, 0.15) is 0 Å². The van der Waals surface area contributed by atoms with Crippen molar-refractivity contribution in [1.82, 2.24) is 0 Å². The molecule has 1 aromatic rings. The van der Waals surface area contributed by atoms with Crippen LogP contribution in [0.15, 0.2) is 18.2 Å². The fourth-order valence-corrected chi connectivity index (χ4v) is 1.02. The molecule has 1 aromatic carbocycles. The Morgan fingerprint density at radius 1 is 1.14 bits per heavy atom. The predicted octanol–water partition coefficient (Wildman–Crippen LogP) is 2.10. The summed E-state index contributed by atoms with van der Waals surface area (Å²) in [5, 5.41) is 0. The van der Waals surface area contributed by atoms with Crippen molar-refractivity contribution in [3.63, 3.8) is 0 Å². The molecule has 0 unspecified atom stereocenters. The number of hydrogen-bond acceptors (Lipinski definition) is 1. The number of hydrogen-bond donors (Lipinski definition) is 1. The van der Waals surface area contributed by atoms with Crippen molar-refractivity contribution < 1.29 is 17.6 Å². The van der Waals surface area contributed by atoms with Crippen LogP contribution < -0.4 is 5.73 Å². The van der Waals surface area contributed by atoms with Crippen LogP contribution in [-0.4, -0.2) is 12.5 Å². The van der Waals surface area contributed by atoms with Crippen molar-refractivity contribution >= 4 is 0 Å². The van der Waals surface area contributed by atoms with Crippen LogP contribution in [0, 0.1) is 11.6 Å². The summed E-state index contributed by atoms with van der Waals surface area (Å²) in [6, 6.07) is 2.68. The van der Waals surface area contributed by atoms with Crippen molar-refractivity contribution in [1.29, 1.82) is 0 Å². The van der Waals surface area contributed by atoms with Gasteiger partial charge in [0.05, 0.1) is 6.54 Å². The summed E-state index contributed by atoms with van der Waals surface area (Å²) in [4.78, 5) is 0. The van der Waals surface area contributed by atoms with Crippen LogP contribution in [0.5, 0.6) is 0 Å². The van der Waals surface area contributed by atoms with E-state index in [4.69, 9.17) is 5.73 Å². The number of nitrogens with two attached hydrogens (primary N) is 1. The molecule has 0 radical (unpaired) electrons. The zero-order valence-electron chi connectivity index (χ0n) is 7.24. The van der Waals surface area contributed by atoms with Crippen molar-refractivity contribution in [2.45, 2.75) is 12.3 Å². The maximum Gasteiger partial charge on any atom is 0.264 e. The minimum Gasteiger partial charge on any atom is -0.325 e. The third-order valence-electron chi connectivity index (χ3n) is 1.75. The monoisotopic (exact) mass is 207 g/mol. The summed E-state index contributed by atoms with van der Waals surface area (Å²) in [6.45, 7) is -0.813. The average molecular weight is 207 g/mol. The molecule has 0 amide bonds. The van der Waals surface area contributed by atoms with E-state index in [0.29, 0.717) is 0 Å². The van der Waals surface area contributed by atoms with Gasteiger partial charge >= 0.3 is 0 Å². The first-order valence-corrected chi connectivity index (χ1v) is 3.96. The first-order chi connectivity index (χ1) is 6.44. The van der Waals surface area contributed by atoms with Crippen LogP contribution >= 0.6 is 0 Å². The Hall–Kier alpha value is -1.10. The molecule has 5 heteroatoms. The molecule has 0 fully saturated rings. The van der Waals surface area contributed by atoms with Gasteiger partial charge in [-0.1, -0.05) is 6.07 Å². The van der Waals surface area contributed by atoms with Gasteiger partial charge in [0.2, 0.25) is 0 Å². The van der Waals surface area contributed by atoms with Gasteiger partial charge in [-0.15, -0.1) is 0 Å². The summed E-state index contributed by atoms with van der Waals surface area (Å²) in [5.74, 6) is -5.26. The van der Waals surface area contributed by atoms with Gasteiger partial charge in [0.15, 0.2) is 11.6 Å². The SMILES string of the molecule is NCC(F)(F)Cc1ccc(F)c(F)c1. The maximum atomic E-state index is 12.7. The normalized spacial score (nSPS) is 11.8. The third kappa shape index (κ3) is 2.70. The van der Waals surface area contributed by atoms with Gasteiger partial charge < -0.3 is 5.73 Å². The second-order valence-electron chi connectivity index (χ2n) is 2.99. The first kappa shape index (κ1) is 11.0. The lowest BCUT2D eigenvalue weighted by Gasteiger charge is -2.13. The zero-order chi connectivity index (χ0) is 10.8. The Labute approximate surface area is 78.5 Å². The van der Waals surface area contributed by atoms with Crippen LogP contribution in [0.2, 0.25) is 0 Å². The molecule has 0 saturated carbocycles. The van der Waals surface area contributed by atoms with E-state index < -0.39 is 30.5 Å². The van der Waals surface area contributed by atoms with Crippen molar-refractivity contribution in [3.05, 3.63) is 35.4 Å². The van der Waals surface area contributed by atoms with E-state index in [1.807, 2.05) is 0 Å². The quantitative estimate of drug-likeness (QED) is 0.754. The minimum absolute atomic E-state index is 0.0272. The summed E-state index contributed by atoms with van der Waals surface area (Å²) in [5.41, 5.74) is 4.83. The van der Waals surface area contributed by atoms with Crippen LogP contribution in [-0.2, 0) is 6.42 Å². The van der Waals surface area contributed by atoms with E-state index in [2.05, 4.69) is 0 Å². The molecule has 14 heavy (non-hydrogen) atoms. The van der Waals surface area contributed by atoms with Gasteiger partial charge in [0, 0.05) is 6.42 Å². The molecule has 2 N–H and O–H groups in total. The average Bonchev–Trinajstić information content (AvgIpc) is 2.11. The fraction of sp³-hybridized carbons (Fsp3) is 0.333. The van der Waals surface area contributed by atoms with E-state index in [9.17, 15) is 17.6 Å². The minimum atomic E-state index is -3.08. The molecule has 78 valence electrons. The molecule has 0 aliphatic rings. The summed E-state index contributed by atoms with van der Waals surface area (Å²) >= 11 is 0. The van der Waals surface area contributed by atoms with Gasteiger partial charge in [-0.25, -0.2) is 17.6 Å². The van der Waals surface area contributed by atoms with Gasteiger partial charge in [-0.3, -0.25) is 0 Å². The molecule has 0 aromatic heterocycles. The van der Waals surface area contributed by atoms with E-state index in [0.717, 1.165) is 18.2 Å². The smallest absolute Gasteiger partial charge is 0.264 e. The van der Waals surface area contributed by atoms with Crippen LogP contribution in [0.3, 0.4) is 0 Å². The summed E-state index contributed by atoms with van der Waals surface area (Å²) in [6.07, 6.45) is -0.680. The molecule has 0 atom stereocenters. The molecule has 0 aliphatic carbocycles. The first-order valence-electron chi connectivity index (χ1n) is 3.96. The molecular weight excluding hydrogens is 198 g/mol. The number of alkyl halides is 2. The highest BCUT2D eigenvalue weighted by atomic mass is 19.3. The maximum absolute atomic E-state index is 12.7. The van der Waals surface area contributed by atoms with Gasteiger partial charge in [-0.05, 0) is 17.7 Å². The van der Waals surface area contributed by atoms with Crippen LogP contribution in [0.1, 0.15) is 5.56 Å². The van der Waals surface area contributed by atoms with Crippen molar-refractivity contribution in [2.24, 2.45) is 5.73 Å². The third-order valence-corrected chi connectivity index (χ3v) is 1.75. The van der Waals surface area contributed by atoms with E-state index in [-0.39, 0.29) is 5.56 Å². The lowest BCUT2D eigenvalue weighted by atomic mass is 10.1. The number of benzene rings is 1. The lowest BCUT2D eigenvalue weighted by molar-refractivity contribution is 0.0114. The standard InChI is InChI=1S/C9H9F4N/c10-7-2-1-6(3-8(7)11)4-9(12,13)5-14/h1-3H,4-5,14H2. The highest BCUT2D eigenvalue weighted by Crippen LogP contribution is 2.19. The Bertz CT molecular complexity index is 325. The van der Waals surface area contributed by atoms with Crippen LogP contribution in [0.25, 0.3) is 0 Å². The Balaban J connectivity index is 2.83. The fourth-order valence-electron chi connectivity index (χ4n) is 1.02. The van der Waals surface area contributed by atoms with Gasteiger partial charge in [0.25, 0.3) is 5.92 Å². The molecule has 0 aliphatic heterocycles. The molecule has 0 heterocycles.